The number of imide groups is 1. The summed E-state index contributed by atoms with van der Waals surface area (Å²) in [7, 11) is 0. The average molecular weight is 328 g/mol. The molecule has 5 heteroatoms. The topological polar surface area (TPSA) is 67.3 Å². The fourth-order valence-corrected chi connectivity index (χ4v) is 2.84. The van der Waals surface area contributed by atoms with E-state index in [2.05, 4.69) is 4.98 Å². The van der Waals surface area contributed by atoms with E-state index in [-0.39, 0.29) is 17.0 Å². The molecule has 1 aromatic heterocycles. The lowest BCUT2D eigenvalue weighted by Gasteiger charge is -2.14. The second kappa shape index (κ2) is 5.79. The molecule has 1 aliphatic rings. The lowest BCUT2D eigenvalue weighted by Crippen LogP contribution is -2.29. The third kappa shape index (κ3) is 2.42. The van der Waals surface area contributed by atoms with Gasteiger partial charge in [-0.2, -0.15) is 0 Å². The summed E-state index contributed by atoms with van der Waals surface area (Å²) in [6.45, 7) is 0. The molecule has 4 rings (SSSR count). The van der Waals surface area contributed by atoms with Crippen LogP contribution in [0.4, 0.5) is 5.69 Å². The van der Waals surface area contributed by atoms with E-state index in [1.165, 1.54) is 6.20 Å². The maximum atomic E-state index is 12.6. The van der Waals surface area contributed by atoms with E-state index in [0.29, 0.717) is 16.8 Å². The quantitative estimate of drug-likeness (QED) is 0.547. The minimum atomic E-state index is -0.482. The van der Waals surface area contributed by atoms with Gasteiger partial charge in [-0.1, -0.05) is 42.5 Å². The van der Waals surface area contributed by atoms with Crippen molar-refractivity contribution in [3.8, 4) is 0 Å². The molecule has 2 heterocycles. The van der Waals surface area contributed by atoms with Gasteiger partial charge in [0.15, 0.2) is 5.78 Å². The lowest BCUT2D eigenvalue weighted by molar-refractivity contribution is 0.0923. The summed E-state index contributed by atoms with van der Waals surface area (Å²) < 4.78 is 0. The van der Waals surface area contributed by atoms with Gasteiger partial charge in [0.2, 0.25) is 0 Å². The molecule has 0 unspecified atom stereocenters. The average Bonchev–Trinajstić information content (AvgIpc) is 2.93. The molecule has 0 spiro atoms. The van der Waals surface area contributed by atoms with E-state index in [9.17, 15) is 14.4 Å². The standard InChI is InChI=1S/C20H12N2O3/c23-18(13-6-2-1-3-7-13)14-8-4-9-15(12-14)22-19(24)16-10-5-11-21-17(16)20(22)25/h1-12H. The smallest absolute Gasteiger partial charge is 0.284 e. The summed E-state index contributed by atoms with van der Waals surface area (Å²) in [5.74, 6) is -1.08. The van der Waals surface area contributed by atoms with Gasteiger partial charge in [-0.15, -0.1) is 0 Å². The zero-order valence-corrected chi connectivity index (χ0v) is 13.0. The van der Waals surface area contributed by atoms with E-state index in [1.807, 2.05) is 6.07 Å². The molecule has 0 N–H and O–H groups in total. The zero-order chi connectivity index (χ0) is 17.4. The predicted octanol–water partition coefficient (Wildman–Crippen LogP) is 3.11. The van der Waals surface area contributed by atoms with Gasteiger partial charge in [0.05, 0.1) is 11.3 Å². The molecule has 0 radical (unpaired) electrons. The zero-order valence-electron chi connectivity index (χ0n) is 13.0. The van der Waals surface area contributed by atoms with Crippen molar-refractivity contribution in [3.05, 3.63) is 95.3 Å². The molecule has 25 heavy (non-hydrogen) atoms. The largest absolute Gasteiger partial charge is 0.289 e. The molecular weight excluding hydrogens is 316 g/mol. The van der Waals surface area contributed by atoms with Gasteiger partial charge in [0.1, 0.15) is 5.69 Å². The summed E-state index contributed by atoms with van der Waals surface area (Å²) in [6.07, 6.45) is 1.48. The van der Waals surface area contributed by atoms with Crippen molar-refractivity contribution in [1.29, 1.82) is 0 Å². The number of ketones is 1. The number of amides is 2. The Morgan fingerprint density at radius 3 is 2.32 bits per heavy atom. The van der Waals surface area contributed by atoms with Crippen LogP contribution in [-0.4, -0.2) is 22.6 Å². The van der Waals surface area contributed by atoms with E-state index in [0.717, 1.165) is 4.90 Å². The fourth-order valence-electron chi connectivity index (χ4n) is 2.84. The molecule has 1 aliphatic heterocycles. The Labute approximate surface area is 143 Å². The van der Waals surface area contributed by atoms with Crippen LogP contribution in [0.15, 0.2) is 72.9 Å². The Kier molecular flexibility index (Phi) is 3.47. The molecule has 2 aromatic carbocycles. The van der Waals surface area contributed by atoms with E-state index in [1.54, 1.807) is 60.7 Å². The van der Waals surface area contributed by atoms with Crippen LogP contribution in [0.1, 0.15) is 36.8 Å². The SMILES string of the molecule is O=C(c1ccccc1)c1cccc(N2C(=O)c3cccnc3C2=O)c1. The number of fused-ring (bicyclic) bond motifs is 1. The number of hydrogen-bond donors (Lipinski definition) is 0. The van der Waals surface area contributed by atoms with Crippen molar-refractivity contribution in [3.63, 3.8) is 0 Å². The Bertz CT molecular complexity index is 977. The number of hydrogen-bond acceptors (Lipinski definition) is 4. The molecular formula is C20H12N2O3. The van der Waals surface area contributed by atoms with Crippen molar-refractivity contribution in [2.75, 3.05) is 4.90 Å². The highest BCUT2D eigenvalue weighted by Gasteiger charge is 2.37. The minimum absolute atomic E-state index is 0.132. The number of anilines is 1. The number of pyridine rings is 1. The van der Waals surface area contributed by atoms with E-state index >= 15 is 0 Å². The summed E-state index contributed by atoms with van der Waals surface area (Å²) in [4.78, 5) is 42.7. The Hall–Kier alpha value is -3.60. The van der Waals surface area contributed by atoms with Gasteiger partial charge in [-0.25, -0.2) is 4.90 Å². The maximum absolute atomic E-state index is 12.6. The first-order chi connectivity index (χ1) is 12.2. The monoisotopic (exact) mass is 328 g/mol. The molecule has 0 saturated heterocycles. The van der Waals surface area contributed by atoms with E-state index < -0.39 is 11.8 Å². The molecule has 0 fully saturated rings. The molecule has 2 amide bonds. The molecule has 3 aromatic rings. The van der Waals surface area contributed by atoms with Crippen molar-refractivity contribution in [2.24, 2.45) is 0 Å². The first kappa shape index (κ1) is 15.0. The highest BCUT2D eigenvalue weighted by molar-refractivity contribution is 6.33. The van der Waals surface area contributed by atoms with Crippen molar-refractivity contribution >= 4 is 23.3 Å². The molecule has 120 valence electrons. The fraction of sp³-hybridized carbons (Fsp3) is 0. The molecule has 0 saturated carbocycles. The van der Waals surface area contributed by atoms with Crippen LogP contribution in [0.3, 0.4) is 0 Å². The highest BCUT2D eigenvalue weighted by Crippen LogP contribution is 2.28. The number of aromatic nitrogens is 1. The number of carbonyl (C=O) groups excluding carboxylic acids is 3. The Balaban J connectivity index is 1.73. The second-order valence-corrected chi connectivity index (χ2v) is 5.59. The van der Waals surface area contributed by atoms with Crippen molar-refractivity contribution in [2.45, 2.75) is 0 Å². The first-order valence-electron chi connectivity index (χ1n) is 7.70. The molecule has 5 nitrogen and oxygen atoms in total. The Morgan fingerprint density at radius 2 is 1.56 bits per heavy atom. The van der Waals surface area contributed by atoms with Crippen LogP contribution >= 0.6 is 0 Å². The summed E-state index contributed by atoms with van der Waals surface area (Å²) >= 11 is 0. The maximum Gasteiger partial charge on any atom is 0.284 e. The van der Waals surface area contributed by atoms with Crippen LogP contribution in [0.5, 0.6) is 0 Å². The predicted molar refractivity (Wildman–Crippen MR) is 91.7 cm³/mol. The minimum Gasteiger partial charge on any atom is -0.289 e. The first-order valence-corrected chi connectivity index (χ1v) is 7.70. The number of benzene rings is 2. The van der Waals surface area contributed by atoms with Crippen LogP contribution in [0.2, 0.25) is 0 Å². The number of carbonyl (C=O) groups is 3. The van der Waals surface area contributed by atoms with E-state index in [4.69, 9.17) is 0 Å². The van der Waals surface area contributed by atoms with Gasteiger partial charge in [-0.3, -0.25) is 19.4 Å². The summed E-state index contributed by atoms with van der Waals surface area (Å²) in [5, 5.41) is 0. The summed E-state index contributed by atoms with van der Waals surface area (Å²) in [5.41, 5.74) is 1.71. The van der Waals surface area contributed by atoms with Crippen LogP contribution in [-0.2, 0) is 0 Å². The Morgan fingerprint density at radius 1 is 0.800 bits per heavy atom. The third-order valence-corrected chi connectivity index (χ3v) is 4.05. The number of rotatable bonds is 3. The molecule has 0 bridgehead atoms. The molecule has 0 atom stereocenters. The second-order valence-electron chi connectivity index (χ2n) is 5.59. The van der Waals surface area contributed by atoms with Gasteiger partial charge < -0.3 is 0 Å². The van der Waals surface area contributed by atoms with Gasteiger partial charge in [0, 0.05) is 17.3 Å². The van der Waals surface area contributed by atoms with Crippen molar-refractivity contribution in [1.82, 2.24) is 4.98 Å². The third-order valence-electron chi connectivity index (χ3n) is 4.05. The van der Waals surface area contributed by atoms with Gasteiger partial charge >= 0.3 is 0 Å². The van der Waals surface area contributed by atoms with Crippen molar-refractivity contribution < 1.29 is 14.4 Å². The van der Waals surface area contributed by atoms with Gasteiger partial charge in [-0.05, 0) is 24.3 Å². The molecule has 0 aliphatic carbocycles. The normalized spacial score (nSPS) is 13.0. The number of nitrogens with zero attached hydrogens (tertiary/aromatic N) is 2. The van der Waals surface area contributed by atoms with Gasteiger partial charge in [0.25, 0.3) is 11.8 Å². The van der Waals surface area contributed by atoms with Crippen LogP contribution in [0.25, 0.3) is 0 Å². The summed E-state index contributed by atoms with van der Waals surface area (Å²) in [6, 6.07) is 18.5. The lowest BCUT2D eigenvalue weighted by atomic mass is 10.0. The van der Waals surface area contributed by atoms with Crippen LogP contribution in [0, 0.1) is 0 Å². The highest BCUT2D eigenvalue weighted by atomic mass is 16.2. The van der Waals surface area contributed by atoms with Crippen LogP contribution < -0.4 is 4.90 Å².